The number of hydrogen-bond acceptors (Lipinski definition) is 7. The Hall–Kier alpha value is -2.95. The van der Waals surface area contributed by atoms with Gasteiger partial charge >= 0.3 is 0 Å². The largest absolute Gasteiger partial charge is 0.379 e. The SMILES string of the molecule is CC1(C)C2CCC1(CS(=O)(=O)Nc1ccc(N3CCC(Cc4ccccc4)CC3)c(C(=O)NCCN3CCOCC3)c1)C(=O)C2. The van der Waals surface area contributed by atoms with Crippen molar-refractivity contribution in [3.05, 3.63) is 59.7 Å². The zero-order chi connectivity index (χ0) is 31.7. The van der Waals surface area contributed by atoms with E-state index in [1.165, 1.54) is 5.56 Å². The zero-order valence-corrected chi connectivity index (χ0v) is 27.5. The quantitative estimate of drug-likeness (QED) is 0.378. The fraction of sp³-hybridized carbons (Fsp3) is 0.600. The van der Waals surface area contributed by atoms with E-state index < -0.39 is 15.4 Å². The highest BCUT2D eigenvalue weighted by molar-refractivity contribution is 7.92. The summed E-state index contributed by atoms with van der Waals surface area (Å²) in [7, 11) is -3.85. The highest BCUT2D eigenvalue weighted by atomic mass is 32.2. The second kappa shape index (κ2) is 13.0. The van der Waals surface area contributed by atoms with Crippen LogP contribution in [0.3, 0.4) is 0 Å². The number of carbonyl (C=O) groups excluding carboxylic acids is 2. The summed E-state index contributed by atoms with van der Waals surface area (Å²) in [5.41, 5.74) is 1.79. The standard InChI is InChI=1S/C35H48N4O5S/c1-34(2)28-10-13-35(34,32(40)23-28)25-45(42,43)37-29-8-9-31(30(24-29)33(41)36-14-17-38-18-20-44-21-19-38)39-15-11-27(12-16-39)22-26-6-4-3-5-7-26/h3-9,24,27-28,37H,10-23,25H2,1-2H3,(H,36,41). The Morgan fingerprint density at radius 3 is 2.40 bits per heavy atom. The van der Waals surface area contributed by atoms with E-state index in [0.29, 0.717) is 49.8 Å². The first-order valence-electron chi connectivity index (χ1n) is 16.6. The molecule has 244 valence electrons. The fourth-order valence-corrected chi connectivity index (χ4v) is 10.2. The van der Waals surface area contributed by atoms with E-state index in [4.69, 9.17) is 4.74 Å². The number of morpholine rings is 1. The van der Waals surface area contributed by atoms with Crippen LogP contribution in [-0.2, 0) is 26.0 Å². The molecule has 4 aliphatic rings. The van der Waals surface area contributed by atoms with Crippen LogP contribution in [0.25, 0.3) is 0 Å². The van der Waals surface area contributed by atoms with Crippen LogP contribution in [-0.4, -0.2) is 83.2 Å². The third-order valence-corrected chi connectivity index (χ3v) is 12.6. The molecule has 0 radical (unpaired) electrons. The molecule has 2 atom stereocenters. The lowest BCUT2D eigenvalue weighted by Crippen LogP contribution is -2.43. The van der Waals surface area contributed by atoms with Crippen LogP contribution < -0.4 is 14.9 Å². The summed E-state index contributed by atoms with van der Waals surface area (Å²) in [6, 6.07) is 15.9. The Balaban J connectivity index is 1.17. The Kier molecular flexibility index (Phi) is 9.28. The number of carbonyl (C=O) groups is 2. The highest BCUT2D eigenvalue weighted by Crippen LogP contribution is 2.64. The normalized spacial score (nSPS) is 25.4. The van der Waals surface area contributed by atoms with Gasteiger partial charge in [0.05, 0.1) is 29.9 Å². The molecule has 2 saturated heterocycles. The lowest BCUT2D eigenvalue weighted by atomic mass is 9.70. The number of fused-ring (bicyclic) bond motifs is 2. The molecule has 2 aliphatic carbocycles. The molecule has 9 nitrogen and oxygen atoms in total. The number of hydrogen-bond donors (Lipinski definition) is 2. The van der Waals surface area contributed by atoms with E-state index in [9.17, 15) is 18.0 Å². The first-order valence-corrected chi connectivity index (χ1v) is 18.3. The van der Waals surface area contributed by atoms with Gasteiger partial charge in [-0.15, -0.1) is 0 Å². The fourth-order valence-electron chi connectivity index (χ4n) is 8.28. The number of benzene rings is 2. The van der Waals surface area contributed by atoms with E-state index in [1.54, 1.807) is 12.1 Å². The summed E-state index contributed by atoms with van der Waals surface area (Å²) >= 11 is 0. The minimum absolute atomic E-state index is 0.0699. The predicted molar refractivity (Wildman–Crippen MR) is 177 cm³/mol. The maximum atomic E-state index is 13.7. The topological polar surface area (TPSA) is 108 Å². The van der Waals surface area contributed by atoms with Crippen LogP contribution in [0, 0.1) is 22.7 Å². The van der Waals surface area contributed by atoms with E-state index in [-0.39, 0.29) is 28.8 Å². The summed E-state index contributed by atoms with van der Waals surface area (Å²) in [5, 5.41) is 3.08. The maximum Gasteiger partial charge on any atom is 0.253 e. The summed E-state index contributed by atoms with van der Waals surface area (Å²) in [6.07, 6.45) is 5.06. The van der Waals surface area contributed by atoms with Crippen molar-refractivity contribution < 1.29 is 22.7 Å². The van der Waals surface area contributed by atoms with Gasteiger partial charge in [-0.05, 0) is 73.1 Å². The van der Waals surface area contributed by atoms with Crippen molar-refractivity contribution in [1.29, 1.82) is 0 Å². The number of sulfonamides is 1. The lowest BCUT2D eigenvalue weighted by Gasteiger charge is -2.36. The van der Waals surface area contributed by atoms with Crippen molar-refractivity contribution in [2.75, 3.05) is 67.9 Å². The first kappa shape index (κ1) is 32.0. The molecule has 2 unspecified atom stereocenters. The molecule has 45 heavy (non-hydrogen) atoms. The highest BCUT2D eigenvalue weighted by Gasteiger charge is 2.65. The molecular weight excluding hydrogens is 588 g/mol. The molecule has 6 rings (SSSR count). The van der Waals surface area contributed by atoms with Crippen LogP contribution in [0.15, 0.2) is 48.5 Å². The van der Waals surface area contributed by atoms with Gasteiger partial charge in [-0.2, -0.15) is 0 Å². The Labute approximate surface area is 268 Å². The van der Waals surface area contributed by atoms with Crippen molar-refractivity contribution in [2.45, 2.75) is 52.4 Å². The maximum absolute atomic E-state index is 13.7. The van der Waals surface area contributed by atoms with Crippen molar-refractivity contribution in [3.8, 4) is 0 Å². The molecule has 2 aromatic carbocycles. The smallest absolute Gasteiger partial charge is 0.253 e. The van der Waals surface area contributed by atoms with Gasteiger partial charge in [-0.25, -0.2) is 8.42 Å². The summed E-state index contributed by atoms with van der Waals surface area (Å²) in [4.78, 5) is 31.3. The molecule has 2 bridgehead atoms. The molecule has 2 aromatic rings. The van der Waals surface area contributed by atoms with Gasteiger partial charge in [0.25, 0.3) is 5.91 Å². The predicted octanol–water partition coefficient (Wildman–Crippen LogP) is 4.34. The van der Waals surface area contributed by atoms with Crippen molar-refractivity contribution >= 4 is 33.1 Å². The molecule has 2 saturated carbocycles. The minimum Gasteiger partial charge on any atom is -0.379 e. The zero-order valence-electron chi connectivity index (χ0n) is 26.7. The summed E-state index contributed by atoms with van der Waals surface area (Å²) < 4.78 is 35.4. The Morgan fingerprint density at radius 2 is 1.73 bits per heavy atom. The minimum atomic E-state index is -3.85. The number of piperidine rings is 1. The number of amides is 1. The van der Waals surface area contributed by atoms with Gasteiger partial charge in [0.15, 0.2) is 0 Å². The lowest BCUT2D eigenvalue weighted by molar-refractivity contribution is -0.128. The second-order valence-corrected chi connectivity index (χ2v) is 15.8. The molecule has 2 aliphatic heterocycles. The van der Waals surface area contributed by atoms with Crippen molar-refractivity contribution in [1.82, 2.24) is 10.2 Å². The first-order chi connectivity index (χ1) is 21.6. The van der Waals surface area contributed by atoms with Crippen molar-refractivity contribution in [3.63, 3.8) is 0 Å². The molecule has 10 heteroatoms. The molecule has 1 amide bonds. The number of rotatable bonds is 11. The number of anilines is 2. The number of Topliss-reactive ketones (excluding diaryl/α,β-unsaturated/α-hetero) is 1. The molecule has 0 spiro atoms. The van der Waals surface area contributed by atoms with Gasteiger partial charge in [0.1, 0.15) is 5.78 Å². The van der Waals surface area contributed by atoms with Crippen molar-refractivity contribution in [2.24, 2.45) is 22.7 Å². The number of ether oxygens (including phenoxy) is 1. The van der Waals surface area contributed by atoms with Gasteiger partial charge in [-0.1, -0.05) is 44.2 Å². The second-order valence-electron chi connectivity index (χ2n) is 14.1. The molecule has 2 N–H and O–H groups in total. The van der Waals surface area contributed by atoms with E-state index in [1.807, 2.05) is 26.0 Å². The Bertz CT molecular complexity index is 1480. The third kappa shape index (κ3) is 6.79. The average molecular weight is 637 g/mol. The van der Waals surface area contributed by atoms with Gasteiger partial charge in [0.2, 0.25) is 10.0 Å². The number of ketones is 1. The average Bonchev–Trinajstić information content (AvgIpc) is 3.36. The molecule has 0 aromatic heterocycles. The van der Waals surface area contributed by atoms with Gasteiger partial charge < -0.3 is 15.0 Å². The summed E-state index contributed by atoms with van der Waals surface area (Å²) in [5.74, 6) is 0.456. The van der Waals surface area contributed by atoms with Crippen LogP contribution in [0.5, 0.6) is 0 Å². The van der Waals surface area contributed by atoms with E-state index in [2.05, 4.69) is 44.1 Å². The monoisotopic (exact) mass is 636 g/mol. The summed E-state index contributed by atoms with van der Waals surface area (Å²) in [6.45, 7) is 10.1. The molecular formula is C35H48N4O5S. The van der Waals surface area contributed by atoms with Crippen LogP contribution in [0.2, 0.25) is 0 Å². The van der Waals surface area contributed by atoms with Crippen LogP contribution in [0.4, 0.5) is 11.4 Å². The van der Waals surface area contributed by atoms with Crippen LogP contribution in [0.1, 0.15) is 61.9 Å². The van der Waals surface area contributed by atoms with E-state index >= 15 is 0 Å². The molecule has 4 fully saturated rings. The third-order valence-electron chi connectivity index (χ3n) is 11.2. The van der Waals surface area contributed by atoms with Gasteiger partial charge in [-0.3, -0.25) is 19.2 Å². The van der Waals surface area contributed by atoms with Crippen LogP contribution >= 0.6 is 0 Å². The number of nitrogens with zero attached hydrogens (tertiary/aromatic N) is 2. The van der Waals surface area contributed by atoms with Gasteiger partial charge in [0, 0.05) is 57.1 Å². The van der Waals surface area contributed by atoms with E-state index in [0.717, 1.165) is 64.1 Å². The molecule has 2 heterocycles. The Morgan fingerprint density at radius 1 is 1.00 bits per heavy atom. The number of nitrogens with one attached hydrogen (secondary N) is 2.